The third-order valence-electron chi connectivity index (χ3n) is 5.79. The molecule has 3 aromatic rings. The quantitative estimate of drug-likeness (QED) is 0.231. The predicted molar refractivity (Wildman–Crippen MR) is 137 cm³/mol. The Kier molecular flexibility index (Phi) is 8.26. The Morgan fingerprint density at radius 3 is 2.32 bits per heavy atom. The molecule has 1 heterocycles. The zero-order valence-corrected chi connectivity index (χ0v) is 19.5. The Bertz CT molecular complexity index is 1180. The number of carboxylic acids is 1. The topological polar surface area (TPSA) is 159 Å². The van der Waals surface area contributed by atoms with Gasteiger partial charge in [-0.2, -0.15) is 0 Å². The van der Waals surface area contributed by atoms with Crippen LogP contribution >= 0.6 is 0 Å². The number of aromatic amines is 1. The minimum Gasteiger partial charge on any atom is -0.478 e. The standard InChI is InChI=1S/C23H26N6O3.C2H6/c24-19-21(29-25)27-20(28-22(19)30)15-10-11-17(13-6-8-14(9-7-13)23(31)32)18(12-15)26-16-4-2-1-3-5-16;1-2/h6-12,16,26H,1-5,24-25H2,(H,31,32)(H2,27,28,29,30);1-2H3. The van der Waals surface area contributed by atoms with Crippen LogP contribution in [0, 0.1) is 0 Å². The lowest BCUT2D eigenvalue weighted by Gasteiger charge is -2.25. The summed E-state index contributed by atoms with van der Waals surface area (Å²) in [5.74, 6) is 4.95. The molecule has 4 rings (SSSR count). The molecule has 180 valence electrons. The number of carbonyl (C=O) groups is 1. The van der Waals surface area contributed by atoms with Gasteiger partial charge in [0.05, 0.1) is 5.56 Å². The van der Waals surface area contributed by atoms with Crippen LogP contribution in [0.3, 0.4) is 0 Å². The van der Waals surface area contributed by atoms with Gasteiger partial charge in [-0.05, 0) is 36.6 Å². The van der Waals surface area contributed by atoms with Crippen molar-refractivity contribution in [1.29, 1.82) is 0 Å². The number of anilines is 3. The number of carboxylic acid groups (broad SMARTS) is 1. The summed E-state index contributed by atoms with van der Waals surface area (Å²) in [5, 5.41) is 12.8. The van der Waals surface area contributed by atoms with E-state index in [4.69, 9.17) is 11.6 Å². The molecule has 34 heavy (non-hydrogen) atoms. The summed E-state index contributed by atoms with van der Waals surface area (Å²) in [6, 6.07) is 12.8. The second-order valence-corrected chi connectivity index (χ2v) is 7.94. The molecule has 0 bridgehead atoms. The van der Waals surface area contributed by atoms with E-state index in [1.165, 1.54) is 19.3 Å². The SMILES string of the molecule is CC.NNc1nc(-c2ccc(-c3ccc(C(=O)O)cc3)c(NC3CCCCC3)c2)[nH]c(=O)c1N. The maximum absolute atomic E-state index is 12.2. The van der Waals surface area contributed by atoms with Crippen LogP contribution in [0.15, 0.2) is 47.3 Å². The third kappa shape index (κ3) is 5.55. The number of aromatic nitrogens is 2. The molecule has 1 aromatic heterocycles. The summed E-state index contributed by atoms with van der Waals surface area (Å²) < 4.78 is 0. The van der Waals surface area contributed by atoms with E-state index < -0.39 is 11.5 Å². The van der Waals surface area contributed by atoms with Gasteiger partial charge in [0.25, 0.3) is 5.56 Å². The van der Waals surface area contributed by atoms with Gasteiger partial charge in [0.2, 0.25) is 0 Å². The zero-order valence-electron chi connectivity index (χ0n) is 19.5. The van der Waals surface area contributed by atoms with E-state index in [0.29, 0.717) is 17.4 Å². The molecule has 9 heteroatoms. The molecule has 0 atom stereocenters. The molecule has 0 saturated heterocycles. The molecular weight excluding hydrogens is 432 g/mol. The molecule has 0 spiro atoms. The van der Waals surface area contributed by atoms with Crippen LogP contribution in [-0.2, 0) is 0 Å². The minimum absolute atomic E-state index is 0.0769. The van der Waals surface area contributed by atoms with Crippen LogP contribution in [0.5, 0.6) is 0 Å². The lowest BCUT2D eigenvalue weighted by atomic mass is 9.94. The minimum atomic E-state index is -0.963. The molecule has 0 radical (unpaired) electrons. The number of hydrogen-bond donors (Lipinski definition) is 6. The first-order valence-electron chi connectivity index (χ1n) is 11.6. The molecule has 0 aliphatic heterocycles. The number of nitrogens with zero attached hydrogens (tertiary/aromatic N) is 1. The van der Waals surface area contributed by atoms with E-state index in [2.05, 4.69) is 20.7 Å². The van der Waals surface area contributed by atoms with Crippen LogP contribution in [0.2, 0.25) is 0 Å². The van der Waals surface area contributed by atoms with Crippen molar-refractivity contribution in [2.24, 2.45) is 5.84 Å². The van der Waals surface area contributed by atoms with Crippen LogP contribution in [-0.4, -0.2) is 27.1 Å². The Labute approximate surface area is 198 Å². The molecule has 1 saturated carbocycles. The number of aromatic carboxylic acids is 1. The second-order valence-electron chi connectivity index (χ2n) is 7.94. The third-order valence-corrected chi connectivity index (χ3v) is 5.79. The maximum atomic E-state index is 12.2. The summed E-state index contributed by atoms with van der Waals surface area (Å²) in [5.41, 5.74) is 11.2. The number of hydrogen-bond acceptors (Lipinski definition) is 7. The number of hydrazine groups is 1. The highest BCUT2D eigenvalue weighted by Gasteiger charge is 2.17. The molecule has 1 fully saturated rings. The van der Waals surface area contributed by atoms with Crippen molar-refractivity contribution in [2.75, 3.05) is 16.5 Å². The van der Waals surface area contributed by atoms with Crippen molar-refractivity contribution in [3.8, 4) is 22.5 Å². The van der Waals surface area contributed by atoms with E-state index in [1.807, 2.05) is 32.0 Å². The van der Waals surface area contributed by atoms with Gasteiger partial charge in [0, 0.05) is 22.9 Å². The highest BCUT2D eigenvalue weighted by atomic mass is 16.4. The summed E-state index contributed by atoms with van der Waals surface area (Å²) in [6.07, 6.45) is 5.77. The van der Waals surface area contributed by atoms with Gasteiger partial charge in [-0.25, -0.2) is 15.6 Å². The van der Waals surface area contributed by atoms with Crippen LogP contribution in [0.4, 0.5) is 17.2 Å². The number of nitrogens with two attached hydrogens (primary N) is 2. The predicted octanol–water partition coefficient (Wildman–Crippen LogP) is 4.44. The Balaban J connectivity index is 0.00000158. The molecular formula is C25H32N6O3. The van der Waals surface area contributed by atoms with E-state index in [1.54, 1.807) is 24.3 Å². The smallest absolute Gasteiger partial charge is 0.335 e. The average Bonchev–Trinajstić information content (AvgIpc) is 2.87. The molecule has 2 aromatic carbocycles. The van der Waals surface area contributed by atoms with Crippen molar-refractivity contribution in [2.45, 2.75) is 52.0 Å². The molecule has 8 N–H and O–H groups in total. The molecule has 9 nitrogen and oxygen atoms in total. The van der Waals surface area contributed by atoms with Gasteiger partial charge in [0.15, 0.2) is 5.82 Å². The van der Waals surface area contributed by atoms with Crippen molar-refractivity contribution in [3.63, 3.8) is 0 Å². The van der Waals surface area contributed by atoms with E-state index in [0.717, 1.165) is 29.7 Å². The van der Waals surface area contributed by atoms with Crippen LogP contribution < -0.4 is 27.9 Å². The maximum Gasteiger partial charge on any atom is 0.335 e. The first-order chi connectivity index (χ1) is 16.5. The Hall–Kier alpha value is -3.85. The Morgan fingerprint density at radius 1 is 1.06 bits per heavy atom. The van der Waals surface area contributed by atoms with Gasteiger partial charge < -0.3 is 26.6 Å². The fourth-order valence-corrected chi connectivity index (χ4v) is 4.05. The van der Waals surface area contributed by atoms with Crippen LogP contribution in [0.1, 0.15) is 56.3 Å². The molecule has 1 aliphatic carbocycles. The number of benzene rings is 2. The van der Waals surface area contributed by atoms with Gasteiger partial charge in [-0.1, -0.05) is 57.4 Å². The largest absolute Gasteiger partial charge is 0.478 e. The normalized spacial score (nSPS) is 13.5. The van der Waals surface area contributed by atoms with Gasteiger partial charge in [0.1, 0.15) is 11.5 Å². The number of nitrogens with one attached hydrogen (secondary N) is 3. The molecule has 1 aliphatic rings. The summed E-state index contributed by atoms with van der Waals surface area (Å²) in [4.78, 5) is 30.4. The zero-order chi connectivity index (χ0) is 24.7. The summed E-state index contributed by atoms with van der Waals surface area (Å²) in [6.45, 7) is 4.00. The first kappa shape index (κ1) is 24.8. The number of nitrogen functional groups attached to an aromatic ring is 2. The van der Waals surface area contributed by atoms with Crippen molar-refractivity contribution in [3.05, 3.63) is 58.4 Å². The average molecular weight is 465 g/mol. The van der Waals surface area contributed by atoms with Crippen LogP contribution in [0.25, 0.3) is 22.5 Å². The van der Waals surface area contributed by atoms with E-state index in [-0.39, 0.29) is 17.1 Å². The second kappa shape index (κ2) is 11.3. The lowest BCUT2D eigenvalue weighted by Crippen LogP contribution is -2.23. The van der Waals surface area contributed by atoms with Gasteiger partial charge in [-0.3, -0.25) is 4.79 Å². The number of rotatable bonds is 6. The van der Waals surface area contributed by atoms with Crippen molar-refractivity contribution in [1.82, 2.24) is 9.97 Å². The van der Waals surface area contributed by atoms with Gasteiger partial charge >= 0.3 is 5.97 Å². The first-order valence-corrected chi connectivity index (χ1v) is 11.6. The summed E-state index contributed by atoms with van der Waals surface area (Å²) in [7, 11) is 0. The summed E-state index contributed by atoms with van der Waals surface area (Å²) >= 11 is 0. The Morgan fingerprint density at radius 2 is 1.71 bits per heavy atom. The lowest BCUT2D eigenvalue weighted by molar-refractivity contribution is 0.0697. The van der Waals surface area contributed by atoms with Gasteiger partial charge in [-0.15, -0.1) is 0 Å². The van der Waals surface area contributed by atoms with E-state index >= 15 is 0 Å². The number of H-pyrrole nitrogens is 1. The highest BCUT2D eigenvalue weighted by Crippen LogP contribution is 2.34. The monoisotopic (exact) mass is 464 g/mol. The highest BCUT2D eigenvalue weighted by molar-refractivity contribution is 5.89. The molecule has 0 unspecified atom stereocenters. The fourth-order valence-electron chi connectivity index (χ4n) is 4.05. The van der Waals surface area contributed by atoms with E-state index in [9.17, 15) is 14.7 Å². The van der Waals surface area contributed by atoms with Crippen molar-refractivity contribution >= 4 is 23.2 Å². The fraction of sp³-hybridized carbons (Fsp3) is 0.320. The molecule has 0 amide bonds. The van der Waals surface area contributed by atoms with Crippen molar-refractivity contribution < 1.29 is 9.90 Å².